The number of carbonyl (C=O) groups excluding carboxylic acids is 2. The molecule has 1 amide bonds. The molecule has 2 heterocycles. The highest BCUT2D eigenvalue weighted by atomic mass is 35.5. The summed E-state index contributed by atoms with van der Waals surface area (Å²) in [6, 6.07) is 11.7. The van der Waals surface area contributed by atoms with Crippen LogP contribution in [0.25, 0.3) is 0 Å². The second-order valence-electron chi connectivity index (χ2n) is 13.1. The molecule has 3 aliphatic rings. The van der Waals surface area contributed by atoms with Gasteiger partial charge in [-0.1, -0.05) is 65.1 Å². The Bertz CT molecular complexity index is 1340. The minimum absolute atomic E-state index is 0.116. The van der Waals surface area contributed by atoms with Crippen LogP contribution in [0.5, 0.6) is 5.75 Å². The number of aldehydes is 1. The van der Waals surface area contributed by atoms with Gasteiger partial charge in [-0.2, -0.15) is 0 Å². The molecule has 5 rings (SSSR count). The van der Waals surface area contributed by atoms with Crippen molar-refractivity contribution in [2.24, 2.45) is 23.2 Å². The molecule has 2 aromatic carbocycles. The zero-order valence-electron chi connectivity index (χ0n) is 27.4. The van der Waals surface area contributed by atoms with E-state index in [9.17, 15) is 13.8 Å². The van der Waals surface area contributed by atoms with Gasteiger partial charge in [-0.3, -0.25) is 9.52 Å². The van der Waals surface area contributed by atoms with Crippen molar-refractivity contribution < 1.29 is 18.5 Å². The van der Waals surface area contributed by atoms with Crippen molar-refractivity contribution >= 4 is 40.5 Å². The first-order valence-electron chi connectivity index (χ1n) is 16.6. The lowest BCUT2D eigenvalue weighted by Crippen LogP contribution is -2.47. The number of rotatable bonds is 4. The maximum Gasteiger partial charge on any atom is 0.263 e. The summed E-state index contributed by atoms with van der Waals surface area (Å²) in [5, 5.41) is 0.547. The average Bonchev–Trinajstić information content (AvgIpc) is 3.18. The van der Waals surface area contributed by atoms with Crippen molar-refractivity contribution in [3.05, 3.63) is 58.1 Å². The molecule has 1 aliphatic carbocycles. The lowest BCUT2D eigenvalue weighted by atomic mass is 9.58. The molecule has 6 unspecified atom stereocenters. The smallest absolute Gasteiger partial charge is 0.263 e. The molecule has 1 saturated carbocycles. The molecule has 44 heavy (non-hydrogen) atoms. The third kappa shape index (κ3) is 7.52. The zero-order chi connectivity index (χ0) is 32.0. The Morgan fingerprint density at radius 2 is 1.89 bits per heavy atom. The summed E-state index contributed by atoms with van der Waals surface area (Å²) in [5.41, 5.74) is 3.48. The maximum atomic E-state index is 13.3. The van der Waals surface area contributed by atoms with Crippen LogP contribution in [0.3, 0.4) is 0 Å². The molecule has 7 atom stereocenters. The van der Waals surface area contributed by atoms with E-state index in [1.54, 1.807) is 6.07 Å². The van der Waals surface area contributed by atoms with E-state index in [1.807, 2.05) is 39.0 Å². The Morgan fingerprint density at radius 1 is 1.11 bits per heavy atom. The predicted molar refractivity (Wildman–Crippen MR) is 182 cm³/mol. The number of aryl methyl sites for hydroxylation is 1. The van der Waals surface area contributed by atoms with Gasteiger partial charge in [0.25, 0.3) is 5.91 Å². The second kappa shape index (κ2) is 15.3. The van der Waals surface area contributed by atoms with E-state index >= 15 is 0 Å². The molecule has 0 saturated heterocycles. The first kappa shape index (κ1) is 34.5. The molecular formula is C36H51ClN2O4S. The van der Waals surface area contributed by atoms with Gasteiger partial charge in [0.05, 0.1) is 17.5 Å². The van der Waals surface area contributed by atoms with Crippen LogP contribution in [0.4, 0.5) is 5.69 Å². The van der Waals surface area contributed by atoms with Crippen LogP contribution in [-0.4, -0.2) is 41.3 Å². The lowest BCUT2D eigenvalue weighted by Gasteiger charge is -2.48. The molecule has 0 radical (unpaired) electrons. The first-order valence-corrected chi connectivity index (χ1v) is 18.2. The largest absolute Gasteiger partial charge is 0.491 e. The molecular weight excluding hydrogens is 592 g/mol. The fourth-order valence-corrected chi connectivity index (χ4v) is 8.46. The summed E-state index contributed by atoms with van der Waals surface area (Å²) < 4.78 is 22.4. The number of fused-ring (bicyclic) bond motifs is 2. The van der Waals surface area contributed by atoms with E-state index in [-0.39, 0.29) is 28.4 Å². The van der Waals surface area contributed by atoms with Gasteiger partial charge in [0.1, 0.15) is 23.0 Å². The van der Waals surface area contributed by atoms with Gasteiger partial charge in [0.2, 0.25) is 0 Å². The van der Waals surface area contributed by atoms with Crippen LogP contribution >= 0.6 is 11.6 Å². The summed E-state index contributed by atoms with van der Waals surface area (Å²) in [4.78, 5) is 28.3. The molecule has 2 aromatic rings. The summed E-state index contributed by atoms with van der Waals surface area (Å²) in [7, 11) is -1.52. The van der Waals surface area contributed by atoms with Crippen LogP contribution in [-0.2, 0) is 22.2 Å². The van der Waals surface area contributed by atoms with E-state index in [2.05, 4.69) is 42.5 Å². The number of nitrogens with one attached hydrogen (secondary N) is 1. The van der Waals surface area contributed by atoms with Gasteiger partial charge < -0.3 is 14.4 Å². The summed E-state index contributed by atoms with van der Waals surface area (Å²) >= 11 is 6.40. The first-order chi connectivity index (χ1) is 21.1. The Labute approximate surface area is 272 Å². The van der Waals surface area contributed by atoms with E-state index < -0.39 is 11.0 Å². The zero-order valence-corrected chi connectivity index (χ0v) is 28.9. The summed E-state index contributed by atoms with van der Waals surface area (Å²) in [5.74, 6) is 1.38. The standard InChI is InChI=1S/C34H45ClN2O4S.C2H6/c1-5-7-24-16-28(35)11-12-29(24)27-19-37-18-26-9-13-30(26)34(4,21-38)15-6-8-22(2)23(3)42(40)36-33(39)25-10-14-32(41-20-27)31(37)17-25;1-2/h10-12,14,16-17,21-23,26-27,30H,5-9,13,15,18-20H2,1-4H3,(H,36,39);1-2H3/t22?,23?,26?,27?,30?,34-,42?;/m1./s1. The maximum absolute atomic E-state index is 13.3. The van der Waals surface area contributed by atoms with Crippen LogP contribution in [0.2, 0.25) is 5.02 Å². The van der Waals surface area contributed by atoms with Crippen LogP contribution in [0, 0.1) is 23.2 Å². The van der Waals surface area contributed by atoms with Gasteiger partial charge in [-0.05, 0) is 98.2 Å². The topological polar surface area (TPSA) is 75.7 Å². The van der Waals surface area contributed by atoms with Crippen molar-refractivity contribution in [1.29, 1.82) is 0 Å². The van der Waals surface area contributed by atoms with Gasteiger partial charge in [0.15, 0.2) is 0 Å². The van der Waals surface area contributed by atoms with E-state index in [0.717, 1.165) is 74.5 Å². The van der Waals surface area contributed by atoms with E-state index in [0.29, 0.717) is 24.0 Å². The second-order valence-corrected chi connectivity index (χ2v) is 15.0. The molecule has 8 heteroatoms. The van der Waals surface area contributed by atoms with Crippen molar-refractivity contribution in [3.63, 3.8) is 0 Å². The summed E-state index contributed by atoms with van der Waals surface area (Å²) in [6.07, 6.45) is 7.90. The van der Waals surface area contributed by atoms with Crippen molar-refractivity contribution in [3.8, 4) is 5.75 Å². The van der Waals surface area contributed by atoms with Gasteiger partial charge >= 0.3 is 0 Å². The van der Waals surface area contributed by atoms with Crippen LogP contribution in [0.15, 0.2) is 36.4 Å². The molecule has 6 nitrogen and oxygen atoms in total. The molecule has 0 spiro atoms. The van der Waals surface area contributed by atoms with Crippen LogP contribution < -0.4 is 14.4 Å². The van der Waals surface area contributed by atoms with Gasteiger partial charge in [0, 0.05) is 35.0 Å². The Hall–Kier alpha value is -2.38. The highest BCUT2D eigenvalue weighted by molar-refractivity contribution is 7.84. The van der Waals surface area contributed by atoms with E-state index in [4.69, 9.17) is 16.3 Å². The molecule has 1 fully saturated rings. The Balaban J connectivity index is 0.00000216. The highest BCUT2D eigenvalue weighted by Gasteiger charge is 2.45. The lowest BCUT2D eigenvalue weighted by molar-refractivity contribution is -0.123. The number of halogens is 1. The molecule has 1 N–H and O–H groups in total. The third-order valence-electron chi connectivity index (χ3n) is 10.2. The minimum atomic E-state index is -1.52. The van der Waals surface area contributed by atoms with Crippen LogP contribution in [0.1, 0.15) is 107 Å². The predicted octanol–water partition coefficient (Wildman–Crippen LogP) is 8.13. The quantitative estimate of drug-likeness (QED) is 0.341. The highest BCUT2D eigenvalue weighted by Crippen LogP contribution is 2.49. The Kier molecular flexibility index (Phi) is 12.0. The number of benzene rings is 2. The normalized spacial score (nSPS) is 30.7. The third-order valence-corrected chi connectivity index (χ3v) is 12.0. The number of nitrogens with zero attached hydrogens (tertiary/aromatic N) is 1. The number of amides is 1. The molecule has 0 aromatic heterocycles. The monoisotopic (exact) mass is 642 g/mol. The number of hydrogen-bond acceptors (Lipinski definition) is 5. The van der Waals surface area contributed by atoms with Crippen molar-refractivity contribution in [2.45, 2.75) is 97.7 Å². The molecule has 2 bridgehead atoms. The average molecular weight is 643 g/mol. The SMILES string of the molecule is CC.CCCc1cc(Cl)ccc1C1COc2ccc3cc2N(C1)CC1CCC1[C@@](C)(C=O)CCCC(C)C(C)S(=O)NC3=O. The number of carbonyl (C=O) groups is 2. The van der Waals surface area contributed by atoms with Gasteiger partial charge in [-0.15, -0.1) is 0 Å². The fraction of sp³-hybridized carbons (Fsp3) is 0.611. The minimum Gasteiger partial charge on any atom is -0.491 e. The van der Waals surface area contributed by atoms with Crippen molar-refractivity contribution in [2.75, 3.05) is 24.6 Å². The van der Waals surface area contributed by atoms with E-state index in [1.165, 1.54) is 17.4 Å². The van der Waals surface area contributed by atoms with Gasteiger partial charge in [-0.25, -0.2) is 4.21 Å². The number of anilines is 1. The number of hydrogen-bond donors (Lipinski definition) is 1. The van der Waals surface area contributed by atoms with Crippen molar-refractivity contribution in [1.82, 2.24) is 4.72 Å². The Morgan fingerprint density at radius 3 is 2.57 bits per heavy atom. The number of ether oxygens (including phenoxy) is 1. The molecule has 242 valence electrons. The fourth-order valence-electron chi connectivity index (χ4n) is 7.22. The summed E-state index contributed by atoms with van der Waals surface area (Å²) in [6.45, 7) is 14.4. The molecule has 2 aliphatic heterocycles.